The molecular formula is C42H27N5. The van der Waals surface area contributed by atoms with Crippen LogP contribution >= 0.6 is 0 Å². The SMILES string of the molecule is c1ccc(-n2ccc3cc4c5cc6c7ccccc7n(-c7ccccc7)c6cc5n(-c5cccc(-c6cccnc6)n5)c4cc32)cc1. The lowest BCUT2D eigenvalue weighted by Gasteiger charge is -2.11. The van der Waals surface area contributed by atoms with Crippen LogP contribution in [0.3, 0.4) is 0 Å². The summed E-state index contributed by atoms with van der Waals surface area (Å²) in [5.41, 5.74) is 9.88. The van der Waals surface area contributed by atoms with Crippen LogP contribution < -0.4 is 0 Å². The van der Waals surface area contributed by atoms with E-state index < -0.39 is 0 Å². The van der Waals surface area contributed by atoms with Crippen molar-refractivity contribution in [1.82, 2.24) is 23.7 Å². The molecule has 0 atom stereocenters. The molecule has 0 saturated heterocycles. The van der Waals surface area contributed by atoms with Crippen molar-refractivity contribution in [1.29, 1.82) is 0 Å². The highest BCUT2D eigenvalue weighted by Crippen LogP contribution is 2.41. The highest BCUT2D eigenvalue weighted by molar-refractivity contribution is 6.20. The number of hydrogen-bond donors (Lipinski definition) is 0. The van der Waals surface area contributed by atoms with Gasteiger partial charge in [0.05, 0.1) is 33.3 Å². The largest absolute Gasteiger partial charge is 0.316 e. The van der Waals surface area contributed by atoms with Gasteiger partial charge in [0.1, 0.15) is 5.82 Å². The fourth-order valence-corrected chi connectivity index (χ4v) is 7.25. The van der Waals surface area contributed by atoms with Crippen molar-refractivity contribution in [2.75, 3.05) is 0 Å². The van der Waals surface area contributed by atoms with Gasteiger partial charge in [-0.3, -0.25) is 9.55 Å². The molecule has 0 N–H and O–H groups in total. The number of benzene rings is 5. The van der Waals surface area contributed by atoms with Crippen LogP contribution in [0.25, 0.3) is 83.0 Å². The number of hydrogen-bond acceptors (Lipinski definition) is 2. The van der Waals surface area contributed by atoms with Gasteiger partial charge in [0, 0.05) is 62.5 Å². The van der Waals surface area contributed by atoms with E-state index in [4.69, 9.17) is 4.98 Å². The van der Waals surface area contributed by atoms with Gasteiger partial charge in [0.15, 0.2) is 0 Å². The van der Waals surface area contributed by atoms with Gasteiger partial charge in [0.25, 0.3) is 0 Å². The average Bonchev–Trinajstić information content (AvgIpc) is 3.80. The molecule has 5 heteroatoms. The van der Waals surface area contributed by atoms with Crippen LogP contribution in [-0.2, 0) is 0 Å². The second-order valence-corrected chi connectivity index (χ2v) is 12.0. The van der Waals surface area contributed by atoms with Crippen molar-refractivity contribution in [3.05, 3.63) is 164 Å². The van der Waals surface area contributed by atoms with Crippen molar-refractivity contribution >= 4 is 54.5 Å². The fraction of sp³-hybridized carbons (Fsp3) is 0. The molecule has 10 aromatic rings. The van der Waals surface area contributed by atoms with E-state index in [9.17, 15) is 0 Å². The van der Waals surface area contributed by atoms with E-state index in [1.54, 1.807) is 6.20 Å². The molecule has 0 amide bonds. The lowest BCUT2D eigenvalue weighted by molar-refractivity contribution is 1.08. The predicted molar refractivity (Wildman–Crippen MR) is 193 cm³/mol. The van der Waals surface area contributed by atoms with Crippen LogP contribution in [0.15, 0.2) is 164 Å². The first-order chi connectivity index (χ1) is 23.3. The number of nitrogens with zero attached hydrogens (tertiary/aromatic N) is 5. The lowest BCUT2D eigenvalue weighted by atomic mass is 10.1. The Balaban J connectivity index is 1.35. The Kier molecular flexibility index (Phi) is 5.51. The van der Waals surface area contributed by atoms with Gasteiger partial charge in [-0.1, -0.05) is 60.7 Å². The van der Waals surface area contributed by atoms with Gasteiger partial charge in [-0.05, 0) is 84.9 Å². The van der Waals surface area contributed by atoms with Crippen LogP contribution in [0, 0.1) is 0 Å². The first kappa shape index (κ1) is 25.8. The van der Waals surface area contributed by atoms with E-state index >= 15 is 0 Å². The normalized spacial score (nSPS) is 11.8. The summed E-state index contributed by atoms with van der Waals surface area (Å²) in [5, 5.41) is 6.07. The molecule has 0 unspecified atom stereocenters. The van der Waals surface area contributed by atoms with E-state index in [-0.39, 0.29) is 0 Å². The summed E-state index contributed by atoms with van der Waals surface area (Å²) in [6.45, 7) is 0. The third-order valence-electron chi connectivity index (χ3n) is 9.34. The van der Waals surface area contributed by atoms with Crippen LogP contribution in [0.4, 0.5) is 0 Å². The summed E-state index contributed by atoms with van der Waals surface area (Å²) >= 11 is 0. The molecule has 47 heavy (non-hydrogen) atoms. The molecular weight excluding hydrogens is 574 g/mol. The molecule has 0 fully saturated rings. The zero-order valence-electron chi connectivity index (χ0n) is 25.3. The van der Waals surface area contributed by atoms with E-state index in [1.165, 1.54) is 32.4 Å². The van der Waals surface area contributed by atoms with Crippen molar-refractivity contribution in [3.8, 4) is 28.5 Å². The summed E-state index contributed by atoms with van der Waals surface area (Å²) in [6, 6.07) is 51.8. The second-order valence-electron chi connectivity index (χ2n) is 12.0. The third-order valence-corrected chi connectivity index (χ3v) is 9.34. The zero-order chi connectivity index (χ0) is 30.9. The van der Waals surface area contributed by atoms with Crippen molar-refractivity contribution in [3.63, 3.8) is 0 Å². The molecule has 0 spiro atoms. The summed E-state index contributed by atoms with van der Waals surface area (Å²) in [4.78, 5) is 9.61. The standard InChI is InChI=1S/C42H27N5/c1-3-12-30(13-4-1)45-22-20-28-23-33-35-24-34-32-16-7-8-18-37(32)46(31-14-5-2-6-15-31)39(34)26-41(35)47(40(33)25-38(28)45)42-19-9-17-36(44-42)29-11-10-21-43-27-29/h1-27H. The molecule has 0 aliphatic rings. The first-order valence-corrected chi connectivity index (χ1v) is 15.8. The molecule has 10 rings (SSSR count). The Labute approximate surface area is 270 Å². The molecule has 220 valence electrons. The molecule has 5 heterocycles. The molecule has 5 aromatic heterocycles. The van der Waals surface area contributed by atoms with E-state index in [2.05, 4.69) is 164 Å². The smallest absolute Gasteiger partial charge is 0.138 e. The van der Waals surface area contributed by atoms with Crippen LogP contribution in [0.5, 0.6) is 0 Å². The molecule has 0 radical (unpaired) electrons. The monoisotopic (exact) mass is 601 g/mol. The van der Waals surface area contributed by atoms with Crippen molar-refractivity contribution in [2.24, 2.45) is 0 Å². The van der Waals surface area contributed by atoms with Gasteiger partial charge in [-0.15, -0.1) is 0 Å². The molecule has 5 aromatic carbocycles. The Morgan fingerprint density at radius 2 is 1.15 bits per heavy atom. The third kappa shape index (κ3) is 3.90. The maximum absolute atomic E-state index is 5.25. The Morgan fingerprint density at radius 1 is 0.447 bits per heavy atom. The van der Waals surface area contributed by atoms with Gasteiger partial charge in [0.2, 0.25) is 0 Å². The van der Waals surface area contributed by atoms with Crippen molar-refractivity contribution in [2.45, 2.75) is 0 Å². The van der Waals surface area contributed by atoms with Gasteiger partial charge < -0.3 is 9.13 Å². The maximum Gasteiger partial charge on any atom is 0.138 e. The minimum Gasteiger partial charge on any atom is -0.316 e. The minimum atomic E-state index is 0.866. The second kappa shape index (κ2) is 10.0. The number of pyridine rings is 2. The predicted octanol–water partition coefficient (Wildman–Crippen LogP) is 10.3. The number of rotatable bonds is 4. The quantitative estimate of drug-likeness (QED) is 0.201. The maximum atomic E-state index is 5.25. The van der Waals surface area contributed by atoms with Crippen LogP contribution in [0.2, 0.25) is 0 Å². The van der Waals surface area contributed by atoms with Crippen LogP contribution in [0.1, 0.15) is 0 Å². The number of para-hydroxylation sites is 3. The van der Waals surface area contributed by atoms with Crippen LogP contribution in [-0.4, -0.2) is 23.7 Å². The van der Waals surface area contributed by atoms with Crippen molar-refractivity contribution < 1.29 is 0 Å². The fourth-order valence-electron chi connectivity index (χ4n) is 7.25. The molecule has 5 nitrogen and oxygen atoms in total. The highest BCUT2D eigenvalue weighted by Gasteiger charge is 2.20. The molecule has 0 aliphatic heterocycles. The Hall–Kier alpha value is -6.46. The first-order valence-electron chi connectivity index (χ1n) is 15.8. The molecule has 0 saturated carbocycles. The minimum absolute atomic E-state index is 0.866. The Bertz CT molecular complexity index is 2770. The van der Waals surface area contributed by atoms with Gasteiger partial charge >= 0.3 is 0 Å². The summed E-state index contributed by atoms with van der Waals surface area (Å²) < 4.78 is 6.98. The van der Waals surface area contributed by atoms with E-state index in [1.807, 2.05) is 12.3 Å². The highest BCUT2D eigenvalue weighted by atomic mass is 15.1. The molecule has 0 bridgehead atoms. The van der Waals surface area contributed by atoms with Gasteiger partial charge in [-0.25, -0.2) is 4.98 Å². The number of fused-ring (bicyclic) bond motifs is 7. The van der Waals surface area contributed by atoms with Gasteiger partial charge in [-0.2, -0.15) is 0 Å². The van der Waals surface area contributed by atoms with E-state index in [0.717, 1.165) is 50.5 Å². The summed E-state index contributed by atoms with van der Waals surface area (Å²) in [5.74, 6) is 0.866. The lowest BCUT2D eigenvalue weighted by Crippen LogP contribution is -1.99. The summed E-state index contributed by atoms with van der Waals surface area (Å²) in [7, 11) is 0. The van der Waals surface area contributed by atoms with E-state index in [0.29, 0.717) is 0 Å². The Morgan fingerprint density at radius 3 is 1.96 bits per heavy atom. The topological polar surface area (TPSA) is 40.6 Å². The zero-order valence-corrected chi connectivity index (χ0v) is 25.3. The number of aromatic nitrogens is 5. The summed E-state index contributed by atoms with van der Waals surface area (Å²) in [6.07, 6.45) is 5.83. The molecule has 0 aliphatic carbocycles. The average molecular weight is 602 g/mol.